The first-order valence-electron chi connectivity index (χ1n) is 6.06. The summed E-state index contributed by atoms with van der Waals surface area (Å²) >= 11 is 0. The fraction of sp³-hybridized carbons (Fsp3) is 0.385. The fourth-order valence-corrected chi connectivity index (χ4v) is 3.35. The van der Waals surface area contributed by atoms with Crippen molar-refractivity contribution in [1.29, 1.82) is 0 Å². The van der Waals surface area contributed by atoms with Crippen molar-refractivity contribution in [2.45, 2.75) is 36.1 Å². The highest BCUT2D eigenvalue weighted by molar-refractivity contribution is 7.91. The van der Waals surface area contributed by atoms with Gasteiger partial charge in [-0.15, -0.1) is 0 Å². The van der Waals surface area contributed by atoms with E-state index < -0.39 is 15.3 Å². The summed E-state index contributed by atoms with van der Waals surface area (Å²) in [6, 6.07) is 8.12. The van der Waals surface area contributed by atoms with E-state index in [9.17, 15) is 8.42 Å². The Morgan fingerprint density at radius 3 is 2.30 bits per heavy atom. The second-order valence-electron chi connectivity index (χ2n) is 5.33. The molecule has 0 unspecified atom stereocenters. The van der Waals surface area contributed by atoms with Gasteiger partial charge in [0.05, 0.1) is 4.90 Å². The van der Waals surface area contributed by atoms with E-state index in [1.165, 1.54) is 19.2 Å². The second-order valence-corrected chi connectivity index (χ2v) is 7.20. The average molecular weight is 297 g/mol. The van der Waals surface area contributed by atoms with E-state index in [1.807, 2.05) is 20.8 Å². The molecule has 2 aromatic rings. The Labute approximate surface area is 117 Å². The van der Waals surface area contributed by atoms with Crippen molar-refractivity contribution in [2.24, 2.45) is 0 Å². The number of hydrogen-bond acceptors (Lipinski definition) is 5. The van der Waals surface area contributed by atoms with Crippen LogP contribution in [0.25, 0.3) is 0 Å². The van der Waals surface area contributed by atoms with Crippen LogP contribution in [0.3, 0.4) is 0 Å². The van der Waals surface area contributed by atoms with Gasteiger partial charge in [-0.25, -0.2) is 8.42 Å². The molecular formula is C13H17N2O4S+. The van der Waals surface area contributed by atoms with Crippen molar-refractivity contribution >= 4 is 9.84 Å². The third-order valence-corrected chi connectivity index (χ3v) is 4.44. The molecule has 2 rings (SSSR count). The first-order chi connectivity index (χ1) is 9.28. The number of aromatic nitrogens is 2. The van der Waals surface area contributed by atoms with Gasteiger partial charge in [0.1, 0.15) is 12.0 Å². The molecule has 1 heterocycles. The van der Waals surface area contributed by atoms with Crippen LogP contribution in [-0.4, -0.2) is 20.7 Å². The Morgan fingerprint density at radius 1 is 1.20 bits per heavy atom. The van der Waals surface area contributed by atoms with Crippen molar-refractivity contribution in [1.82, 2.24) is 5.16 Å². The lowest BCUT2D eigenvalue weighted by molar-refractivity contribution is -1.03. The van der Waals surface area contributed by atoms with Gasteiger partial charge in [-0.3, -0.25) is 0 Å². The van der Waals surface area contributed by atoms with Gasteiger partial charge >= 0.3 is 5.03 Å². The zero-order valence-corrected chi connectivity index (χ0v) is 12.6. The summed E-state index contributed by atoms with van der Waals surface area (Å²) in [6.45, 7) is 5.58. The van der Waals surface area contributed by atoms with Crippen LogP contribution in [0.2, 0.25) is 0 Å². The minimum atomic E-state index is -3.75. The summed E-state index contributed by atoms with van der Waals surface area (Å²) < 4.78 is 30.2. The predicted molar refractivity (Wildman–Crippen MR) is 69.8 cm³/mol. The molecule has 20 heavy (non-hydrogen) atoms. The summed E-state index contributed by atoms with van der Waals surface area (Å²) in [7, 11) is -2.36. The predicted octanol–water partition coefficient (Wildman–Crippen LogP) is 1.15. The third-order valence-electron chi connectivity index (χ3n) is 2.77. The quantitative estimate of drug-likeness (QED) is 0.849. The van der Waals surface area contributed by atoms with Gasteiger partial charge in [0, 0.05) is 5.41 Å². The molecule has 6 nitrogen and oxygen atoms in total. The summed E-state index contributed by atoms with van der Waals surface area (Å²) in [5, 5.41) is 3.55. The van der Waals surface area contributed by atoms with E-state index >= 15 is 0 Å². The molecule has 0 bridgehead atoms. The van der Waals surface area contributed by atoms with Crippen LogP contribution in [-0.2, 0) is 15.3 Å². The molecule has 1 aromatic heterocycles. The Bertz CT molecular complexity index is 700. The first kappa shape index (κ1) is 14.5. The van der Waals surface area contributed by atoms with Gasteiger partial charge in [0.15, 0.2) is 5.16 Å². The Hall–Kier alpha value is -1.89. The summed E-state index contributed by atoms with van der Waals surface area (Å²) in [5.41, 5.74) is -0.142. The lowest BCUT2D eigenvalue weighted by atomic mass is 9.93. The second kappa shape index (κ2) is 4.90. The molecule has 7 heteroatoms. The molecule has 0 amide bonds. The summed E-state index contributed by atoms with van der Waals surface area (Å²) in [6.07, 6.45) is 0. The molecule has 0 N–H and O–H groups in total. The van der Waals surface area contributed by atoms with E-state index in [0.717, 1.165) is 4.90 Å². The van der Waals surface area contributed by atoms with Gasteiger partial charge < -0.3 is 4.84 Å². The SMILES string of the molecule is CO[n+]1onc(S(=O)(=O)c2ccccc2)c1C(C)(C)C. The average Bonchev–Trinajstić information content (AvgIpc) is 2.84. The van der Waals surface area contributed by atoms with Crippen LogP contribution in [0, 0.1) is 0 Å². The maximum absolute atomic E-state index is 12.6. The highest BCUT2D eigenvalue weighted by Gasteiger charge is 2.43. The Morgan fingerprint density at radius 2 is 1.80 bits per heavy atom. The van der Waals surface area contributed by atoms with Crippen LogP contribution < -0.4 is 9.74 Å². The first-order valence-corrected chi connectivity index (χ1v) is 7.54. The van der Waals surface area contributed by atoms with Crippen molar-refractivity contribution < 1.29 is 22.8 Å². The molecule has 0 saturated carbocycles. The molecule has 0 aliphatic heterocycles. The van der Waals surface area contributed by atoms with E-state index in [1.54, 1.807) is 18.2 Å². The van der Waals surface area contributed by atoms with Gasteiger partial charge in [-0.05, 0) is 16.8 Å². The van der Waals surface area contributed by atoms with Gasteiger partial charge in [0.2, 0.25) is 0 Å². The molecule has 0 spiro atoms. The largest absolute Gasteiger partial charge is 0.369 e. The molecule has 0 radical (unpaired) electrons. The van der Waals surface area contributed by atoms with Gasteiger partial charge in [0.25, 0.3) is 15.5 Å². The number of rotatable bonds is 3. The molecule has 0 aliphatic rings. The van der Waals surface area contributed by atoms with E-state index in [-0.39, 0.29) is 9.92 Å². The minimum absolute atomic E-state index is 0.127. The molecular weight excluding hydrogens is 280 g/mol. The smallest absolute Gasteiger partial charge is 0.305 e. The molecule has 0 fully saturated rings. The number of nitrogens with zero attached hydrogens (tertiary/aromatic N) is 2. The summed E-state index contributed by atoms with van der Waals surface area (Å²) in [4.78, 5) is 6.20. The van der Waals surface area contributed by atoms with Crippen molar-refractivity contribution in [2.75, 3.05) is 7.11 Å². The summed E-state index contributed by atoms with van der Waals surface area (Å²) in [5.74, 6) is 0. The topological polar surface area (TPSA) is 73.3 Å². The number of benzene rings is 1. The van der Waals surface area contributed by atoms with E-state index in [4.69, 9.17) is 9.47 Å². The van der Waals surface area contributed by atoms with Gasteiger partial charge in [-0.1, -0.05) is 39.0 Å². The Kier molecular flexibility index (Phi) is 3.56. The fourth-order valence-electron chi connectivity index (χ4n) is 1.84. The van der Waals surface area contributed by atoms with Crippen LogP contribution in [0.15, 0.2) is 44.9 Å². The molecule has 108 valence electrons. The zero-order chi connectivity index (χ0) is 15.0. The van der Waals surface area contributed by atoms with Crippen LogP contribution in [0.1, 0.15) is 26.5 Å². The lowest BCUT2D eigenvalue weighted by Gasteiger charge is -2.12. The highest BCUT2D eigenvalue weighted by atomic mass is 32.2. The standard InChI is InChI=1S/C13H17N2O4S/c1-13(2,3)11-12(14-19-15(11)18-4)20(16,17)10-8-6-5-7-9-10/h5-9H,1-4H3/q+1. The molecule has 0 aliphatic carbocycles. The Balaban J connectivity index is 2.68. The molecule has 0 saturated heterocycles. The normalized spacial score (nSPS) is 12.4. The molecule has 0 atom stereocenters. The zero-order valence-electron chi connectivity index (χ0n) is 11.8. The van der Waals surface area contributed by atoms with E-state index in [2.05, 4.69) is 5.16 Å². The number of hydrogen-bond donors (Lipinski definition) is 0. The maximum atomic E-state index is 12.6. The van der Waals surface area contributed by atoms with Crippen LogP contribution >= 0.6 is 0 Å². The highest BCUT2D eigenvalue weighted by Crippen LogP contribution is 2.28. The maximum Gasteiger partial charge on any atom is 0.369 e. The minimum Gasteiger partial charge on any atom is -0.305 e. The van der Waals surface area contributed by atoms with Crippen LogP contribution in [0.5, 0.6) is 0 Å². The van der Waals surface area contributed by atoms with Crippen molar-refractivity contribution in [3.05, 3.63) is 36.0 Å². The van der Waals surface area contributed by atoms with Crippen molar-refractivity contribution in [3.63, 3.8) is 0 Å². The van der Waals surface area contributed by atoms with Gasteiger partial charge in [-0.2, -0.15) is 0 Å². The third kappa shape index (κ3) is 2.40. The van der Waals surface area contributed by atoms with Crippen molar-refractivity contribution in [3.8, 4) is 0 Å². The van der Waals surface area contributed by atoms with E-state index in [0.29, 0.717) is 5.69 Å². The number of sulfone groups is 1. The van der Waals surface area contributed by atoms with Crippen LogP contribution in [0.4, 0.5) is 0 Å². The monoisotopic (exact) mass is 297 g/mol. The lowest BCUT2D eigenvalue weighted by Crippen LogP contribution is -2.46. The molecule has 1 aromatic carbocycles.